The van der Waals surface area contributed by atoms with E-state index in [9.17, 15) is 0 Å². The van der Waals surface area contributed by atoms with Gasteiger partial charge in [0.1, 0.15) is 12.4 Å². The average molecular weight is 591 g/mol. The lowest BCUT2D eigenvalue weighted by atomic mass is 10.1. The van der Waals surface area contributed by atoms with Gasteiger partial charge in [-0.25, -0.2) is 0 Å². The van der Waals surface area contributed by atoms with Crippen molar-refractivity contribution in [1.29, 1.82) is 0 Å². The zero-order valence-electron chi connectivity index (χ0n) is 26.3. The Balaban J connectivity index is 1.22. The maximum atomic E-state index is 6.26. The van der Waals surface area contributed by atoms with Gasteiger partial charge in [0.15, 0.2) is 0 Å². The highest BCUT2D eigenvalue weighted by Gasteiger charge is 2.05. The number of ether oxygens (including phenoxy) is 1. The lowest BCUT2D eigenvalue weighted by molar-refractivity contribution is 0.305. The van der Waals surface area contributed by atoms with Crippen molar-refractivity contribution in [3.8, 4) is 5.75 Å². The summed E-state index contributed by atoms with van der Waals surface area (Å²) in [6, 6.07) is 34.7. The van der Waals surface area contributed by atoms with E-state index in [2.05, 4.69) is 112 Å². The van der Waals surface area contributed by atoms with Crippen LogP contribution >= 0.6 is 0 Å². The number of nitrogens with one attached hydrogen (secondary N) is 4. The predicted octanol–water partition coefficient (Wildman–Crippen LogP) is 8.80. The second kappa shape index (κ2) is 18.1. The molecule has 4 aliphatic rings. The molecule has 8 rings (SSSR count). The molecule has 0 atom stereocenters. The predicted molar refractivity (Wildman–Crippen MR) is 185 cm³/mol. The van der Waals surface area contributed by atoms with E-state index in [1.165, 1.54) is 90.6 Å². The van der Waals surface area contributed by atoms with Crippen LogP contribution in [0, 0.1) is 0 Å². The van der Waals surface area contributed by atoms with Crippen LogP contribution in [0.5, 0.6) is 5.75 Å². The van der Waals surface area contributed by atoms with E-state index in [1.807, 2.05) is 6.07 Å². The van der Waals surface area contributed by atoms with Crippen molar-refractivity contribution in [2.45, 2.75) is 84.2 Å². The number of hydrogen-bond acceptors (Lipinski definition) is 5. The van der Waals surface area contributed by atoms with Gasteiger partial charge in [-0.2, -0.15) is 0 Å². The van der Waals surface area contributed by atoms with Gasteiger partial charge in [-0.05, 0) is 77.1 Å². The fourth-order valence-corrected chi connectivity index (χ4v) is 5.72. The van der Waals surface area contributed by atoms with Crippen molar-refractivity contribution in [2.75, 3.05) is 23.7 Å². The van der Waals surface area contributed by atoms with Crippen molar-refractivity contribution in [3.05, 3.63) is 125 Å². The maximum absolute atomic E-state index is 6.26. The van der Waals surface area contributed by atoms with Crippen molar-refractivity contribution >= 4 is 11.4 Å². The monoisotopic (exact) mass is 590 g/mol. The van der Waals surface area contributed by atoms with Crippen molar-refractivity contribution in [1.82, 2.24) is 10.6 Å². The first-order chi connectivity index (χ1) is 21.8. The van der Waals surface area contributed by atoms with Crippen LogP contribution in [0.25, 0.3) is 0 Å². The molecule has 5 heteroatoms. The molecule has 0 aliphatic carbocycles. The molecule has 4 N–H and O–H groups in total. The molecule has 0 unspecified atom stereocenters. The van der Waals surface area contributed by atoms with Crippen molar-refractivity contribution in [2.24, 2.45) is 0 Å². The summed E-state index contributed by atoms with van der Waals surface area (Å²) < 4.78 is 6.26. The summed E-state index contributed by atoms with van der Waals surface area (Å²) >= 11 is 0. The molecular weight excluding hydrogens is 540 g/mol. The molecule has 0 aromatic heterocycles. The third-order valence-electron chi connectivity index (χ3n) is 8.26. The summed E-state index contributed by atoms with van der Waals surface area (Å²) in [5.41, 5.74) is 8.63. The molecule has 0 saturated carbocycles. The highest BCUT2D eigenvalue weighted by Crippen LogP contribution is 2.20. The highest BCUT2D eigenvalue weighted by atomic mass is 16.5. The lowest BCUT2D eigenvalue weighted by Crippen LogP contribution is -2.15. The molecule has 4 aromatic carbocycles. The largest absolute Gasteiger partial charge is 0.489 e. The number of rotatable bonds is 3. The molecular formula is C39H50N4O. The van der Waals surface area contributed by atoms with Crippen LogP contribution in [0.2, 0.25) is 0 Å². The summed E-state index contributed by atoms with van der Waals surface area (Å²) in [5, 5.41) is 14.5. The summed E-state index contributed by atoms with van der Waals surface area (Å²) in [6.07, 6.45) is 10.5. The second-order valence-electron chi connectivity index (χ2n) is 12.0. The third-order valence-corrected chi connectivity index (χ3v) is 8.26. The number of anilines is 2. The van der Waals surface area contributed by atoms with E-state index in [0.29, 0.717) is 6.61 Å². The molecule has 0 spiro atoms. The van der Waals surface area contributed by atoms with E-state index < -0.39 is 0 Å². The van der Waals surface area contributed by atoms with Gasteiger partial charge in [-0.3, -0.25) is 0 Å². The summed E-state index contributed by atoms with van der Waals surface area (Å²) in [5.74, 6) is 0.908. The average Bonchev–Trinajstić information content (AvgIpc) is 3.06. The Labute approximate surface area is 264 Å². The van der Waals surface area contributed by atoms with E-state index in [0.717, 1.165) is 45.0 Å². The second-order valence-corrected chi connectivity index (χ2v) is 12.0. The van der Waals surface area contributed by atoms with Gasteiger partial charge < -0.3 is 26.0 Å². The first kappa shape index (κ1) is 31.6. The molecule has 0 amide bonds. The summed E-state index contributed by atoms with van der Waals surface area (Å²) in [6.45, 7) is 5.87. The van der Waals surface area contributed by atoms with Crippen LogP contribution in [0.15, 0.2) is 97.1 Å². The Kier molecular flexibility index (Phi) is 13.0. The Hall–Kier alpha value is -3.80. The minimum atomic E-state index is 0.561. The van der Waals surface area contributed by atoms with Gasteiger partial charge in [-0.15, -0.1) is 0 Å². The Morgan fingerprint density at radius 3 is 1.41 bits per heavy atom. The molecule has 232 valence electrons. The minimum Gasteiger partial charge on any atom is -0.489 e. The molecule has 0 saturated heterocycles. The van der Waals surface area contributed by atoms with Crippen LogP contribution in [-0.2, 0) is 32.8 Å². The molecule has 4 heterocycles. The normalized spacial score (nSPS) is 16.1. The SMILES string of the molecule is c1ccc(COc2cc3cc(c2)CNCc2ccc(cc2)NCCCCCCCCCCNc2ccc(cc2)CNC3)cc1. The molecule has 0 radical (unpaired) electrons. The number of benzene rings is 4. The van der Waals surface area contributed by atoms with Gasteiger partial charge in [0.25, 0.3) is 0 Å². The maximum Gasteiger partial charge on any atom is 0.120 e. The topological polar surface area (TPSA) is 57.4 Å². The smallest absolute Gasteiger partial charge is 0.120 e. The quantitative estimate of drug-likeness (QED) is 0.192. The lowest BCUT2D eigenvalue weighted by Gasteiger charge is -2.14. The van der Waals surface area contributed by atoms with E-state index in [4.69, 9.17) is 4.74 Å². The van der Waals surface area contributed by atoms with Crippen LogP contribution in [-0.4, -0.2) is 13.1 Å². The van der Waals surface area contributed by atoms with Gasteiger partial charge in [-0.1, -0.05) is 99.2 Å². The van der Waals surface area contributed by atoms with Gasteiger partial charge in [0.2, 0.25) is 0 Å². The Morgan fingerprint density at radius 2 is 0.909 bits per heavy atom. The van der Waals surface area contributed by atoms with Crippen LogP contribution in [0.1, 0.15) is 79.2 Å². The van der Waals surface area contributed by atoms with Gasteiger partial charge in [0.05, 0.1) is 0 Å². The van der Waals surface area contributed by atoms with Crippen molar-refractivity contribution < 1.29 is 4.74 Å². The molecule has 4 aliphatic heterocycles. The van der Waals surface area contributed by atoms with E-state index >= 15 is 0 Å². The zero-order chi connectivity index (χ0) is 30.1. The van der Waals surface area contributed by atoms with Crippen molar-refractivity contribution in [3.63, 3.8) is 0 Å². The fraction of sp³-hybridized carbons (Fsp3) is 0.385. The van der Waals surface area contributed by atoms with Crippen LogP contribution in [0.4, 0.5) is 11.4 Å². The molecule has 0 fully saturated rings. The highest BCUT2D eigenvalue weighted by molar-refractivity contribution is 5.45. The summed E-state index contributed by atoms with van der Waals surface area (Å²) in [4.78, 5) is 0. The molecule has 4 aromatic rings. The van der Waals surface area contributed by atoms with E-state index in [-0.39, 0.29) is 0 Å². The number of hydrogen-bond donors (Lipinski definition) is 4. The minimum absolute atomic E-state index is 0.561. The fourth-order valence-electron chi connectivity index (χ4n) is 5.72. The molecule has 44 heavy (non-hydrogen) atoms. The zero-order valence-corrected chi connectivity index (χ0v) is 26.3. The molecule has 6 bridgehead atoms. The summed E-state index contributed by atoms with van der Waals surface area (Å²) in [7, 11) is 0. The van der Waals surface area contributed by atoms with Gasteiger partial charge >= 0.3 is 0 Å². The third kappa shape index (κ3) is 11.4. The van der Waals surface area contributed by atoms with Gasteiger partial charge in [0, 0.05) is 50.6 Å². The van der Waals surface area contributed by atoms with E-state index in [1.54, 1.807) is 0 Å². The molecule has 5 nitrogen and oxygen atoms in total. The standard InChI is InChI=1S/C39H50N4O/c1-2-4-6-11-23-43-38-20-16-33(17-21-38)28-41-30-36-24-35(25-39(26-36)44-31-34-12-8-7-9-13-34)29-40-27-32-14-18-37(19-15-32)42-22-10-5-3-1/h7-9,12-21,24-26,40-43H,1-6,10-11,22-23,27-31H2. The first-order valence-electron chi connectivity index (χ1n) is 16.7. The Morgan fingerprint density at radius 1 is 0.455 bits per heavy atom. The van der Waals surface area contributed by atoms with Crippen LogP contribution < -0.4 is 26.0 Å². The Bertz CT molecular complexity index is 1270. The first-order valence-corrected chi connectivity index (χ1v) is 16.7. The van der Waals surface area contributed by atoms with Crippen LogP contribution in [0.3, 0.4) is 0 Å².